The van der Waals surface area contributed by atoms with Crippen molar-refractivity contribution in [2.75, 3.05) is 13.2 Å². The molecule has 0 aromatic rings. The first-order valence-corrected chi connectivity index (χ1v) is 7.30. The molecule has 0 aromatic heterocycles. The molecular weight excluding hydrogens is 223 g/mol. The minimum atomic E-state index is -2.70. The van der Waals surface area contributed by atoms with Gasteiger partial charge in [0.2, 0.25) is 0 Å². The van der Waals surface area contributed by atoms with Crippen molar-refractivity contribution in [2.45, 2.75) is 40.2 Å². The van der Waals surface area contributed by atoms with Gasteiger partial charge in [-0.2, -0.15) is 0 Å². The summed E-state index contributed by atoms with van der Waals surface area (Å²) in [6, 6.07) is 0. The Balaban J connectivity index is 0. The fourth-order valence-electron chi connectivity index (χ4n) is 1.09. The minimum absolute atomic E-state index is 0. The topological polar surface area (TPSA) is 44.8 Å². The van der Waals surface area contributed by atoms with Gasteiger partial charge in [-0.05, 0) is 20.3 Å². The average Bonchev–Trinajstić information content (AvgIpc) is 2.04. The number of hydrogen-bond donors (Lipinski definition) is 0. The van der Waals surface area contributed by atoms with E-state index in [1.165, 1.54) is 0 Å². The molecule has 0 bridgehead atoms. The Morgan fingerprint density at radius 1 is 1.13 bits per heavy atom. The molecule has 0 amide bonds. The second-order valence-electron chi connectivity index (χ2n) is 2.95. The fourth-order valence-corrected chi connectivity index (χ4v) is 2.85. The van der Waals surface area contributed by atoms with Crippen LogP contribution in [0.25, 0.3) is 0 Å². The molecule has 4 nitrogen and oxygen atoms in total. The number of carbonyl (C=O) groups is 1. The van der Waals surface area contributed by atoms with Gasteiger partial charge in [-0.15, -0.1) is 0 Å². The molecular formula is C9H20NaO4Si. The molecule has 15 heavy (non-hydrogen) atoms. The third kappa shape index (κ3) is 8.42. The molecule has 0 spiro atoms. The van der Waals surface area contributed by atoms with E-state index in [1.54, 1.807) is 6.55 Å². The van der Waals surface area contributed by atoms with Crippen LogP contribution in [0.1, 0.15) is 33.6 Å². The third-order valence-corrected chi connectivity index (χ3v) is 3.79. The molecule has 0 saturated carbocycles. The first-order chi connectivity index (χ1) is 6.58. The van der Waals surface area contributed by atoms with Crippen LogP contribution in [0.5, 0.6) is 0 Å². The van der Waals surface area contributed by atoms with Gasteiger partial charge in [0.25, 0.3) is 5.97 Å². The molecule has 85 valence electrons. The Hall–Kier alpha value is 0.607. The predicted octanol–water partition coefficient (Wildman–Crippen LogP) is 1.59. The molecule has 0 unspecified atom stereocenters. The van der Waals surface area contributed by atoms with Crippen LogP contribution in [0, 0.1) is 0 Å². The van der Waals surface area contributed by atoms with Crippen molar-refractivity contribution in [1.29, 1.82) is 0 Å². The molecule has 0 saturated heterocycles. The van der Waals surface area contributed by atoms with Gasteiger partial charge in [0.1, 0.15) is 0 Å². The normalized spacial score (nSPS) is 10.7. The van der Waals surface area contributed by atoms with E-state index in [0.29, 0.717) is 19.6 Å². The van der Waals surface area contributed by atoms with Gasteiger partial charge in [-0.25, -0.2) is 0 Å². The van der Waals surface area contributed by atoms with E-state index < -0.39 is 8.80 Å². The third-order valence-electron chi connectivity index (χ3n) is 1.57. The van der Waals surface area contributed by atoms with Crippen molar-refractivity contribution in [2.24, 2.45) is 0 Å². The van der Waals surface area contributed by atoms with E-state index >= 15 is 0 Å². The quantitative estimate of drug-likeness (QED) is 0.637. The summed E-state index contributed by atoms with van der Waals surface area (Å²) in [5.74, 6) is -0.233. The molecule has 0 heterocycles. The zero-order chi connectivity index (χ0) is 11.0. The summed E-state index contributed by atoms with van der Waals surface area (Å²) in [6.45, 7) is 8.40. The van der Waals surface area contributed by atoms with Crippen LogP contribution >= 0.6 is 0 Å². The van der Waals surface area contributed by atoms with Crippen molar-refractivity contribution in [3.63, 3.8) is 0 Å². The van der Waals surface area contributed by atoms with Crippen molar-refractivity contribution in [3.8, 4) is 0 Å². The smallest absolute Gasteiger partial charge is 0.473 e. The first-order valence-electron chi connectivity index (χ1n) is 5.07. The van der Waals surface area contributed by atoms with Crippen molar-refractivity contribution >= 4 is 44.3 Å². The Morgan fingerprint density at radius 2 is 1.60 bits per heavy atom. The van der Waals surface area contributed by atoms with Crippen LogP contribution in [0.2, 0.25) is 6.55 Å². The summed E-state index contributed by atoms with van der Waals surface area (Å²) in [7, 11) is -2.70. The summed E-state index contributed by atoms with van der Waals surface area (Å²) >= 11 is 0. The van der Waals surface area contributed by atoms with E-state index in [0.717, 1.165) is 6.42 Å². The minimum Gasteiger partial charge on any atom is -0.473 e. The molecule has 0 fully saturated rings. The van der Waals surface area contributed by atoms with Gasteiger partial charge in [0.15, 0.2) is 0 Å². The number of hydrogen-bond acceptors (Lipinski definition) is 4. The Morgan fingerprint density at radius 3 is 1.93 bits per heavy atom. The second-order valence-corrected chi connectivity index (χ2v) is 5.46. The monoisotopic (exact) mass is 243 g/mol. The summed E-state index contributed by atoms with van der Waals surface area (Å²) in [5, 5.41) is 0. The van der Waals surface area contributed by atoms with Crippen LogP contribution in [0.4, 0.5) is 0 Å². The molecule has 0 aliphatic heterocycles. The maximum atomic E-state index is 11.3. The zero-order valence-electron chi connectivity index (χ0n) is 10.5. The van der Waals surface area contributed by atoms with Gasteiger partial charge < -0.3 is 13.3 Å². The van der Waals surface area contributed by atoms with E-state index in [4.69, 9.17) is 13.3 Å². The summed E-state index contributed by atoms with van der Waals surface area (Å²) < 4.78 is 15.9. The Kier molecular flexibility index (Phi) is 11.8. The van der Waals surface area contributed by atoms with Gasteiger partial charge in [-0.1, -0.05) is 6.92 Å². The number of rotatable bonds is 7. The van der Waals surface area contributed by atoms with E-state index in [2.05, 4.69) is 0 Å². The standard InChI is InChI=1S/C9H20O4Si.Na/c1-5-8-9(10)13-14(4,11-6-2)12-7-3;/h5-8H2,1-4H3;. The summed E-state index contributed by atoms with van der Waals surface area (Å²) in [4.78, 5) is 11.3. The molecule has 0 aromatic carbocycles. The average molecular weight is 243 g/mol. The Bertz CT molecular complexity index is 171. The first kappa shape index (κ1) is 18.0. The van der Waals surface area contributed by atoms with E-state index in [1.807, 2.05) is 20.8 Å². The van der Waals surface area contributed by atoms with Gasteiger partial charge in [0.05, 0.1) is 0 Å². The van der Waals surface area contributed by atoms with Gasteiger partial charge in [0, 0.05) is 55.7 Å². The van der Waals surface area contributed by atoms with E-state index in [9.17, 15) is 4.79 Å². The van der Waals surface area contributed by atoms with Crippen LogP contribution in [0.15, 0.2) is 0 Å². The van der Waals surface area contributed by atoms with Gasteiger partial charge in [-0.3, -0.25) is 4.79 Å². The van der Waals surface area contributed by atoms with Crippen molar-refractivity contribution in [3.05, 3.63) is 0 Å². The molecule has 6 heteroatoms. The van der Waals surface area contributed by atoms with Gasteiger partial charge >= 0.3 is 8.80 Å². The van der Waals surface area contributed by atoms with Crippen LogP contribution in [-0.4, -0.2) is 57.5 Å². The van der Waals surface area contributed by atoms with Crippen LogP contribution in [0.3, 0.4) is 0 Å². The van der Waals surface area contributed by atoms with Crippen molar-refractivity contribution in [1.82, 2.24) is 0 Å². The predicted molar refractivity (Wildman–Crippen MR) is 61.6 cm³/mol. The van der Waals surface area contributed by atoms with Crippen molar-refractivity contribution < 1.29 is 18.1 Å². The largest absolute Gasteiger partial charge is 0.564 e. The number of carbonyl (C=O) groups excluding carboxylic acids is 1. The molecule has 0 rings (SSSR count). The molecule has 0 atom stereocenters. The maximum absolute atomic E-state index is 11.3. The molecule has 0 N–H and O–H groups in total. The van der Waals surface area contributed by atoms with E-state index in [-0.39, 0.29) is 35.5 Å². The second kappa shape index (κ2) is 9.81. The fraction of sp³-hybridized carbons (Fsp3) is 0.889. The summed E-state index contributed by atoms with van der Waals surface area (Å²) in [6.07, 6.45) is 1.20. The summed E-state index contributed by atoms with van der Waals surface area (Å²) in [5.41, 5.74) is 0. The SMILES string of the molecule is CCCC(=O)O[Si](C)(OCC)OCC.[Na]. The van der Waals surface area contributed by atoms with Crippen LogP contribution < -0.4 is 0 Å². The zero-order valence-corrected chi connectivity index (χ0v) is 13.5. The maximum Gasteiger partial charge on any atom is 0.564 e. The molecule has 0 aliphatic rings. The molecule has 1 radical (unpaired) electrons. The Labute approximate surface area is 115 Å². The molecule has 0 aliphatic carbocycles. The van der Waals surface area contributed by atoms with Crippen LogP contribution in [-0.2, 0) is 18.1 Å².